The van der Waals surface area contributed by atoms with E-state index in [9.17, 15) is 9.59 Å². The molecule has 0 heterocycles. The van der Waals surface area contributed by atoms with Crippen molar-refractivity contribution in [1.82, 2.24) is 0 Å². The van der Waals surface area contributed by atoms with Gasteiger partial charge in [-0.3, -0.25) is 0 Å². The molecule has 0 saturated heterocycles. The number of unbranched alkanes of at least 4 members (excludes halogenated alkanes) is 2. The maximum absolute atomic E-state index is 11.9. The molecule has 0 spiro atoms. The Morgan fingerprint density at radius 2 is 1.12 bits per heavy atom. The van der Waals surface area contributed by atoms with Crippen molar-refractivity contribution in [3.63, 3.8) is 0 Å². The number of aliphatic hydroxyl groups is 2. The molecule has 0 aromatic heterocycles. The molecule has 4 rings (SSSR count). The van der Waals surface area contributed by atoms with Crippen molar-refractivity contribution < 1.29 is 29.3 Å². The summed E-state index contributed by atoms with van der Waals surface area (Å²) in [5.74, 6) is 0.443. The zero-order chi connectivity index (χ0) is 35.0. The highest BCUT2D eigenvalue weighted by Crippen LogP contribution is 2.38. The second-order valence-corrected chi connectivity index (χ2v) is 13.5. The van der Waals surface area contributed by atoms with Gasteiger partial charge in [0.05, 0.1) is 37.6 Å². The van der Waals surface area contributed by atoms with Gasteiger partial charge in [-0.1, -0.05) is 112 Å². The van der Waals surface area contributed by atoms with Gasteiger partial charge in [-0.15, -0.1) is 0 Å². The Hall–Kier alpha value is -4.00. The molecule has 6 nitrogen and oxygen atoms in total. The van der Waals surface area contributed by atoms with Crippen LogP contribution >= 0.6 is 0 Å². The average molecular weight is 667 g/mol. The van der Waals surface area contributed by atoms with Crippen LogP contribution in [0.3, 0.4) is 0 Å². The lowest BCUT2D eigenvalue weighted by atomic mass is 9.77. The van der Waals surface area contributed by atoms with Gasteiger partial charge in [0.15, 0.2) is 0 Å². The van der Waals surface area contributed by atoms with Crippen LogP contribution in [0.1, 0.15) is 93.7 Å². The van der Waals surface area contributed by atoms with Crippen molar-refractivity contribution in [2.24, 2.45) is 5.92 Å². The Morgan fingerprint density at radius 3 is 1.59 bits per heavy atom. The first-order valence-corrected chi connectivity index (χ1v) is 18.1. The first kappa shape index (κ1) is 37.8. The highest BCUT2D eigenvalue weighted by molar-refractivity contribution is 5.88. The molecule has 262 valence electrons. The van der Waals surface area contributed by atoms with E-state index in [0.29, 0.717) is 31.6 Å². The summed E-state index contributed by atoms with van der Waals surface area (Å²) >= 11 is 0. The lowest BCUT2D eigenvalue weighted by molar-refractivity contribution is -0.140. The number of carbonyl (C=O) groups excluding carboxylic acids is 2. The van der Waals surface area contributed by atoms with Crippen LogP contribution < -0.4 is 0 Å². The number of esters is 2. The number of ether oxygens (including phenoxy) is 2. The third-order valence-corrected chi connectivity index (χ3v) is 9.69. The zero-order valence-corrected chi connectivity index (χ0v) is 29.3. The van der Waals surface area contributed by atoms with Crippen molar-refractivity contribution in [3.8, 4) is 22.3 Å². The van der Waals surface area contributed by atoms with Gasteiger partial charge in [0.1, 0.15) is 0 Å². The number of carbonyl (C=O) groups is 2. The Morgan fingerprint density at radius 1 is 0.653 bits per heavy atom. The van der Waals surface area contributed by atoms with Crippen molar-refractivity contribution in [1.29, 1.82) is 0 Å². The maximum atomic E-state index is 11.9. The van der Waals surface area contributed by atoms with Crippen LogP contribution in [0, 0.1) is 5.92 Å². The first-order chi connectivity index (χ1) is 23.8. The maximum Gasteiger partial charge on any atom is 0.335 e. The Balaban J connectivity index is 1.40. The quantitative estimate of drug-likeness (QED) is 0.0754. The molecule has 0 unspecified atom stereocenters. The molecule has 3 aromatic carbocycles. The summed E-state index contributed by atoms with van der Waals surface area (Å²) in [6.07, 6.45) is 13.5. The molecule has 49 heavy (non-hydrogen) atoms. The summed E-state index contributed by atoms with van der Waals surface area (Å²) in [7, 11) is 0. The van der Waals surface area contributed by atoms with E-state index in [0.717, 1.165) is 28.2 Å². The molecule has 3 aromatic rings. The topological polar surface area (TPSA) is 93.1 Å². The molecule has 0 radical (unpaired) electrons. The second kappa shape index (κ2) is 19.9. The summed E-state index contributed by atoms with van der Waals surface area (Å²) in [6.45, 7) is 8.94. The van der Waals surface area contributed by atoms with E-state index >= 15 is 0 Å². The normalized spacial score (nSPS) is 15.8. The van der Waals surface area contributed by atoms with E-state index in [-0.39, 0.29) is 24.4 Å². The summed E-state index contributed by atoms with van der Waals surface area (Å²) in [5, 5.41) is 18.2. The van der Waals surface area contributed by atoms with E-state index in [2.05, 4.69) is 86.8 Å². The molecule has 0 bridgehead atoms. The summed E-state index contributed by atoms with van der Waals surface area (Å²) in [6, 6.07) is 24.4. The summed E-state index contributed by atoms with van der Waals surface area (Å²) < 4.78 is 10.5. The average Bonchev–Trinajstić information content (AvgIpc) is 3.14. The van der Waals surface area contributed by atoms with Crippen molar-refractivity contribution >= 4 is 11.9 Å². The van der Waals surface area contributed by atoms with Crippen LogP contribution in [0.2, 0.25) is 0 Å². The molecular weight excluding hydrogens is 612 g/mol. The predicted molar refractivity (Wildman–Crippen MR) is 197 cm³/mol. The molecule has 0 amide bonds. The van der Waals surface area contributed by atoms with E-state index < -0.39 is 25.2 Å². The van der Waals surface area contributed by atoms with Gasteiger partial charge in [0, 0.05) is 0 Å². The van der Waals surface area contributed by atoms with Crippen LogP contribution in [0.5, 0.6) is 0 Å². The third-order valence-electron chi connectivity index (χ3n) is 9.69. The van der Waals surface area contributed by atoms with E-state index in [1.807, 2.05) is 0 Å². The van der Waals surface area contributed by atoms with E-state index in [4.69, 9.17) is 19.7 Å². The molecule has 2 N–H and O–H groups in total. The predicted octanol–water partition coefficient (Wildman–Crippen LogP) is 8.92. The summed E-state index contributed by atoms with van der Waals surface area (Å²) in [5.41, 5.74) is 8.39. The molecule has 1 aliphatic rings. The smallest absolute Gasteiger partial charge is 0.335 e. The Kier molecular flexibility index (Phi) is 15.3. The van der Waals surface area contributed by atoms with Crippen LogP contribution in [0.4, 0.5) is 0 Å². The molecule has 1 aliphatic carbocycles. The van der Waals surface area contributed by atoms with Crippen molar-refractivity contribution in [2.75, 3.05) is 26.4 Å². The van der Waals surface area contributed by atoms with Crippen LogP contribution in [-0.2, 0) is 31.9 Å². The van der Waals surface area contributed by atoms with Crippen molar-refractivity contribution in [3.05, 3.63) is 108 Å². The Bertz CT molecular complexity index is 1460. The first-order valence-electron chi connectivity index (χ1n) is 18.1. The number of aliphatic hydroxyl groups excluding tert-OH is 2. The van der Waals surface area contributed by atoms with E-state index in [1.54, 1.807) is 0 Å². The monoisotopic (exact) mass is 666 g/mol. The number of hydrogen-bond donors (Lipinski definition) is 2. The van der Waals surface area contributed by atoms with Gasteiger partial charge in [-0.05, 0) is 102 Å². The fourth-order valence-corrected chi connectivity index (χ4v) is 6.70. The van der Waals surface area contributed by atoms with Gasteiger partial charge >= 0.3 is 11.9 Å². The lowest BCUT2D eigenvalue weighted by Crippen LogP contribution is -2.13. The SMILES string of the molecule is C=C(CO)C(=O)OCCCc1cc(CCCOC(=O)C(=C)CO)cc(-c2ccc(-c3ccc(C4CCC(CCCCC)CC4)cc3)cc2)c1. The number of benzene rings is 3. The van der Waals surface area contributed by atoms with Gasteiger partial charge in [0.25, 0.3) is 0 Å². The van der Waals surface area contributed by atoms with E-state index in [1.165, 1.54) is 68.1 Å². The lowest BCUT2D eigenvalue weighted by Gasteiger charge is -2.29. The molecule has 0 atom stereocenters. The third kappa shape index (κ3) is 11.8. The summed E-state index contributed by atoms with van der Waals surface area (Å²) in [4.78, 5) is 23.7. The highest BCUT2D eigenvalue weighted by Gasteiger charge is 2.22. The minimum Gasteiger partial charge on any atom is -0.462 e. The van der Waals surface area contributed by atoms with Crippen LogP contribution in [0.25, 0.3) is 22.3 Å². The molecule has 1 saturated carbocycles. The largest absolute Gasteiger partial charge is 0.462 e. The second-order valence-electron chi connectivity index (χ2n) is 13.5. The zero-order valence-electron chi connectivity index (χ0n) is 29.3. The highest BCUT2D eigenvalue weighted by atomic mass is 16.5. The Labute approximate surface area is 292 Å². The van der Waals surface area contributed by atoms with Gasteiger partial charge in [-0.25, -0.2) is 9.59 Å². The fraction of sp³-hybridized carbons (Fsp3) is 0.442. The molecular formula is C43H54O6. The van der Waals surface area contributed by atoms with Crippen LogP contribution in [-0.4, -0.2) is 48.6 Å². The van der Waals surface area contributed by atoms with Crippen molar-refractivity contribution in [2.45, 2.75) is 89.9 Å². The minimum absolute atomic E-state index is 0.0438. The molecule has 6 heteroatoms. The van der Waals surface area contributed by atoms with Crippen LogP contribution in [0.15, 0.2) is 91.0 Å². The molecule has 1 fully saturated rings. The number of aryl methyl sites for hydroxylation is 2. The number of hydrogen-bond acceptors (Lipinski definition) is 6. The molecule has 0 aliphatic heterocycles. The van der Waals surface area contributed by atoms with Gasteiger partial charge < -0.3 is 19.7 Å². The minimum atomic E-state index is -0.578. The number of rotatable bonds is 19. The van der Waals surface area contributed by atoms with Gasteiger partial charge in [-0.2, -0.15) is 0 Å². The van der Waals surface area contributed by atoms with Gasteiger partial charge in [0.2, 0.25) is 0 Å². The fourth-order valence-electron chi connectivity index (χ4n) is 6.70. The standard InChI is InChI=1S/C43H54O6/c1-4-5-6-9-33-12-14-36(15-13-33)37-16-18-38(19-17-37)39-20-22-40(23-21-39)41-27-34(10-7-24-48-42(46)31(2)29-44)26-35(28-41)11-8-25-49-43(47)32(3)30-45/h16-23,26-28,33,36,44-45H,2-15,24-25,29-30H2,1H3.